The van der Waals surface area contributed by atoms with Crippen molar-refractivity contribution in [3.05, 3.63) is 18.0 Å². The van der Waals surface area contributed by atoms with Crippen molar-refractivity contribution in [1.82, 2.24) is 9.97 Å². The molecular weight excluding hydrogens is 190 g/mol. The van der Waals surface area contributed by atoms with Gasteiger partial charge >= 0.3 is 0 Å². The van der Waals surface area contributed by atoms with Crippen LogP contribution in [0.5, 0.6) is 0 Å². The molecule has 15 heavy (non-hydrogen) atoms. The van der Waals surface area contributed by atoms with Crippen LogP contribution in [0.4, 0.5) is 5.95 Å². The Hall–Kier alpha value is -1.16. The van der Waals surface area contributed by atoms with E-state index in [0.29, 0.717) is 5.95 Å². The Morgan fingerprint density at radius 3 is 2.60 bits per heavy atom. The number of nitrogens with zero attached hydrogens (tertiary/aromatic N) is 2. The van der Waals surface area contributed by atoms with E-state index in [-0.39, 0.29) is 12.1 Å². The molecule has 0 bridgehead atoms. The number of aliphatic hydroxyl groups excluding tert-OH is 1. The minimum Gasteiger partial charge on any atom is -0.391 e. The predicted molar refractivity (Wildman–Crippen MR) is 58.7 cm³/mol. The number of aromatic nitrogens is 2. The number of anilines is 1. The van der Waals surface area contributed by atoms with Gasteiger partial charge in [0.2, 0.25) is 5.95 Å². The fourth-order valence-corrected chi connectivity index (χ4v) is 1.91. The second-order valence-corrected chi connectivity index (χ2v) is 4.19. The van der Waals surface area contributed by atoms with Gasteiger partial charge in [-0.15, -0.1) is 0 Å². The van der Waals surface area contributed by atoms with Crippen molar-refractivity contribution < 1.29 is 5.11 Å². The van der Waals surface area contributed by atoms with Gasteiger partial charge in [-0.3, -0.25) is 0 Å². The zero-order valence-corrected chi connectivity index (χ0v) is 8.98. The fourth-order valence-electron chi connectivity index (χ4n) is 1.91. The van der Waals surface area contributed by atoms with Gasteiger partial charge < -0.3 is 10.4 Å². The standard InChI is InChI=1S/C11H17N3O/c1-8-6-12-11(13-7-8)14-9-4-2-3-5-10(9)15/h6-7,9-10,15H,2-5H2,1H3,(H,12,13,14). The number of rotatable bonds is 2. The highest BCUT2D eigenvalue weighted by molar-refractivity contribution is 5.26. The van der Waals surface area contributed by atoms with Crippen molar-refractivity contribution in [3.63, 3.8) is 0 Å². The van der Waals surface area contributed by atoms with E-state index in [0.717, 1.165) is 24.8 Å². The van der Waals surface area contributed by atoms with Gasteiger partial charge in [-0.2, -0.15) is 0 Å². The molecule has 0 spiro atoms. The molecule has 0 aromatic carbocycles. The zero-order chi connectivity index (χ0) is 10.7. The third kappa shape index (κ3) is 2.65. The SMILES string of the molecule is Cc1cnc(NC2CCCCC2O)nc1. The molecule has 1 aromatic heterocycles. The molecule has 4 nitrogen and oxygen atoms in total. The van der Waals surface area contributed by atoms with Gasteiger partial charge in [-0.05, 0) is 25.3 Å². The molecule has 0 radical (unpaired) electrons. The Kier molecular flexibility index (Phi) is 3.16. The first-order valence-corrected chi connectivity index (χ1v) is 5.49. The summed E-state index contributed by atoms with van der Waals surface area (Å²) >= 11 is 0. The number of hydrogen-bond acceptors (Lipinski definition) is 4. The summed E-state index contributed by atoms with van der Waals surface area (Å²) in [6, 6.07) is 0.112. The molecule has 1 aliphatic carbocycles. The molecule has 2 N–H and O–H groups in total. The van der Waals surface area contributed by atoms with Gasteiger partial charge in [0.05, 0.1) is 12.1 Å². The van der Waals surface area contributed by atoms with Crippen LogP contribution in [0.15, 0.2) is 12.4 Å². The van der Waals surface area contributed by atoms with E-state index in [1.165, 1.54) is 6.42 Å². The first kappa shape index (κ1) is 10.4. The van der Waals surface area contributed by atoms with Crippen LogP contribution in [-0.2, 0) is 0 Å². The quantitative estimate of drug-likeness (QED) is 0.771. The van der Waals surface area contributed by atoms with Gasteiger partial charge in [-0.1, -0.05) is 12.8 Å². The molecular formula is C11H17N3O. The van der Waals surface area contributed by atoms with E-state index in [2.05, 4.69) is 15.3 Å². The van der Waals surface area contributed by atoms with E-state index in [1.807, 2.05) is 6.92 Å². The second kappa shape index (κ2) is 4.57. The molecule has 0 saturated heterocycles. The van der Waals surface area contributed by atoms with Crippen LogP contribution in [-0.4, -0.2) is 27.2 Å². The topological polar surface area (TPSA) is 58.0 Å². The molecule has 2 rings (SSSR count). The molecule has 2 unspecified atom stereocenters. The summed E-state index contributed by atoms with van der Waals surface area (Å²) in [5.74, 6) is 0.617. The molecule has 1 aromatic rings. The molecule has 1 fully saturated rings. The Morgan fingerprint density at radius 1 is 1.27 bits per heavy atom. The monoisotopic (exact) mass is 207 g/mol. The van der Waals surface area contributed by atoms with Crippen LogP contribution in [0.1, 0.15) is 31.2 Å². The number of nitrogens with one attached hydrogen (secondary N) is 1. The maximum Gasteiger partial charge on any atom is 0.222 e. The molecule has 4 heteroatoms. The number of hydrogen-bond donors (Lipinski definition) is 2. The van der Waals surface area contributed by atoms with E-state index < -0.39 is 0 Å². The molecule has 1 saturated carbocycles. The summed E-state index contributed by atoms with van der Waals surface area (Å²) in [7, 11) is 0. The first-order chi connectivity index (χ1) is 7.25. The summed E-state index contributed by atoms with van der Waals surface area (Å²) < 4.78 is 0. The first-order valence-electron chi connectivity index (χ1n) is 5.49. The molecule has 82 valence electrons. The predicted octanol–water partition coefficient (Wildman–Crippen LogP) is 1.50. The van der Waals surface area contributed by atoms with Crippen molar-refractivity contribution in [1.29, 1.82) is 0 Å². The average Bonchev–Trinajstić information content (AvgIpc) is 2.25. The van der Waals surface area contributed by atoms with Crippen LogP contribution in [0, 0.1) is 6.92 Å². The van der Waals surface area contributed by atoms with Crippen molar-refractivity contribution in [2.24, 2.45) is 0 Å². The van der Waals surface area contributed by atoms with Crippen molar-refractivity contribution >= 4 is 5.95 Å². The summed E-state index contributed by atoms with van der Waals surface area (Å²) in [6.07, 6.45) is 7.47. The van der Waals surface area contributed by atoms with Crippen LogP contribution in [0.3, 0.4) is 0 Å². The summed E-state index contributed by atoms with van der Waals surface area (Å²) in [4.78, 5) is 8.35. The smallest absolute Gasteiger partial charge is 0.222 e. The highest BCUT2D eigenvalue weighted by Gasteiger charge is 2.23. The average molecular weight is 207 g/mol. The largest absolute Gasteiger partial charge is 0.391 e. The van der Waals surface area contributed by atoms with Gasteiger partial charge in [0.15, 0.2) is 0 Å². The molecule has 0 amide bonds. The van der Waals surface area contributed by atoms with Crippen molar-refractivity contribution in [2.75, 3.05) is 5.32 Å². The minimum absolute atomic E-state index is 0.112. The Morgan fingerprint density at radius 2 is 1.93 bits per heavy atom. The van der Waals surface area contributed by atoms with Crippen LogP contribution in [0.2, 0.25) is 0 Å². The highest BCUT2D eigenvalue weighted by Crippen LogP contribution is 2.20. The highest BCUT2D eigenvalue weighted by atomic mass is 16.3. The summed E-state index contributed by atoms with van der Waals surface area (Å²) in [5, 5.41) is 13.0. The van der Waals surface area contributed by atoms with E-state index in [4.69, 9.17) is 0 Å². The second-order valence-electron chi connectivity index (χ2n) is 4.19. The molecule has 2 atom stereocenters. The van der Waals surface area contributed by atoms with E-state index >= 15 is 0 Å². The van der Waals surface area contributed by atoms with Crippen molar-refractivity contribution in [2.45, 2.75) is 44.8 Å². The lowest BCUT2D eigenvalue weighted by Gasteiger charge is -2.28. The van der Waals surface area contributed by atoms with Crippen molar-refractivity contribution in [3.8, 4) is 0 Å². The van der Waals surface area contributed by atoms with Crippen LogP contribution < -0.4 is 5.32 Å². The number of aryl methyl sites for hydroxylation is 1. The van der Waals surface area contributed by atoms with Gasteiger partial charge in [-0.25, -0.2) is 9.97 Å². The fraction of sp³-hybridized carbons (Fsp3) is 0.636. The van der Waals surface area contributed by atoms with Crippen LogP contribution in [0.25, 0.3) is 0 Å². The maximum atomic E-state index is 9.77. The third-order valence-corrected chi connectivity index (χ3v) is 2.82. The molecule has 0 aliphatic heterocycles. The maximum absolute atomic E-state index is 9.77. The van der Waals surface area contributed by atoms with Gasteiger partial charge in [0.1, 0.15) is 0 Å². The Bertz CT molecular complexity index is 312. The lowest BCUT2D eigenvalue weighted by atomic mass is 9.93. The lowest BCUT2D eigenvalue weighted by molar-refractivity contribution is 0.116. The lowest BCUT2D eigenvalue weighted by Crippen LogP contribution is -2.36. The Balaban J connectivity index is 1.98. The van der Waals surface area contributed by atoms with Gasteiger partial charge in [0.25, 0.3) is 0 Å². The van der Waals surface area contributed by atoms with E-state index in [1.54, 1.807) is 12.4 Å². The molecule has 1 aliphatic rings. The summed E-state index contributed by atoms with van der Waals surface area (Å²) in [6.45, 7) is 1.96. The zero-order valence-electron chi connectivity index (χ0n) is 8.98. The number of aliphatic hydroxyl groups is 1. The third-order valence-electron chi connectivity index (χ3n) is 2.82. The van der Waals surface area contributed by atoms with Crippen LogP contribution >= 0.6 is 0 Å². The summed E-state index contributed by atoms with van der Waals surface area (Å²) in [5.41, 5.74) is 1.05. The van der Waals surface area contributed by atoms with Gasteiger partial charge in [0, 0.05) is 12.4 Å². The van der Waals surface area contributed by atoms with E-state index in [9.17, 15) is 5.11 Å². The molecule has 1 heterocycles. The normalized spacial score (nSPS) is 26.3. The minimum atomic E-state index is -0.261. The Labute approximate surface area is 89.8 Å².